The van der Waals surface area contributed by atoms with E-state index in [1.165, 1.54) is 64.2 Å². The molecule has 0 aromatic rings. The summed E-state index contributed by atoms with van der Waals surface area (Å²) >= 11 is 0. The van der Waals surface area contributed by atoms with Crippen molar-refractivity contribution in [1.29, 1.82) is 0 Å². The average Bonchev–Trinajstić information content (AvgIpc) is 3.34. The number of rotatable bonds is 8. The lowest BCUT2D eigenvalue weighted by atomic mass is 9.77. The van der Waals surface area contributed by atoms with Gasteiger partial charge in [-0.25, -0.2) is 0 Å². The second-order valence-electron chi connectivity index (χ2n) is 9.18. The van der Waals surface area contributed by atoms with Crippen LogP contribution in [0.3, 0.4) is 0 Å². The van der Waals surface area contributed by atoms with Crippen LogP contribution < -0.4 is 10.6 Å². The third-order valence-corrected chi connectivity index (χ3v) is 7.17. The average molecular weight is 345 g/mol. The van der Waals surface area contributed by atoms with Crippen molar-refractivity contribution in [2.45, 2.75) is 90.1 Å². The molecule has 3 rings (SSSR count). The van der Waals surface area contributed by atoms with Gasteiger partial charge in [-0.3, -0.25) is 0 Å². The first-order chi connectivity index (χ1) is 12.1. The fourth-order valence-corrected chi connectivity index (χ4v) is 5.67. The molecular formula is C23H40N2. The molecule has 0 aliphatic heterocycles. The van der Waals surface area contributed by atoms with Crippen molar-refractivity contribution in [3.05, 3.63) is 23.3 Å². The lowest BCUT2D eigenvalue weighted by Crippen LogP contribution is -2.34. The summed E-state index contributed by atoms with van der Waals surface area (Å²) in [5.74, 6) is 1.70. The normalized spacial score (nSPS) is 26.7. The van der Waals surface area contributed by atoms with E-state index in [-0.39, 0.29) is 5.41 Å². The van der Waals surface area contributed by atoms with Gasteiger partial charge in [-0.05, 0) is 89.4 Å². The maximum Gasteiger partial charge on any atom is 0.0102 e. The molecule has 2 unspecified atom stereocenters. The monoisotopic (exact) mass is 344 g/mol. The van der Waals surface area contributed by atoms with Crippen molar-refractivity contribution in [3.63, 3.8) is 0 Å². The molecular weight excluding hydrogens is 304 g/mol. The number of allylic oxidation sites excluding steroid dienone is 4. The van der Waals surface area contributed by atoms with Gasteiger partial charge in [0, 0.05) is 17.5 Å². The van der Waals surface area contributed by atoms with Crippen LogP contribution >= 0.6 is 0 Å². The Morgan fingerprint density at radius 2 is 1.16 bits per heavy atom. The predicted octanol–water partition coefficient (Wildman–Crippen LogP) is 5.22. The van der Waals surface area contributed by atoms with Crippen LogP contribution in [0.5, 0.6) is 0 Å². The minimum absolute atomic E-state index is 0.251. The maximum atomic E-state index is 3.50. The van der Waals surface area contributed by atoms with Crippen LogP contribution in [0, 0.1) is 17.3 Å². The molecule has 0 spiro atoms. The highest BCUT2D eigenvalue weighted by atomic mass is 14.9. The first-order valence-electron chi connectivity index (χ1n) is 10.9. The Balaban J connectivity index is 1.93. The van der Waals surface area contributed by atoms with Crippen LogP contribution in [0.15, 0.2) is 23.3 Å². The summed E-state index contributed by atoms with van der Waals surface area (Å²) in [6.45, 7) is 4.69. The van der Waals surface area contributed by atoms with Gasteiger partial charge in [-0.15, -0.1) is 0 Å². The third-order valence-electron chi connectivity index (χ3n) is 7.17. The lowest BCUT2D eigenvalue weighted by Gasteiger charge is -2.31. The Bertz CT molecular complexity index is 446. The van der Waals surface area contributed by atoms with Gasteiger partial charge in [0.25, 0.3) is 0 Å². The van der Waals surface area contributed by atoms with Crippen molar-refractivity contribution in [2.75, 3.05) is 14.1 Å². The third kappa shape index (κ3) is 4.39. The van der Waals surface area contributed by atoms with E-state index in [4.69, 9.17) is 0 Å². The summed E-state index contributed by atoms with van der Waals surface area (Å²) in [5.41, 5.74) is 3.80. The molecule has 3 aliphatic rings. The van der Waals surface area contributed by atoms with Crippen LogP contribution in [-0.2, 0) is 0 Å². The van der Waals surface area contributed by atoms with Crippen LogP contribution in [0.25, 0.3) is 0 Å². The minimum Gasteiger partial charge on any atom is -0.317 e. The zero-order valence-corrected chi connectivity index (χ0v) is 17.0. The summed E-state index contributed by atoms with van der Waals surface area (Å²) in [6.07, 6.45) is 19.4. The highest BCUT2D eigenvalue weighted by Gasteiger charge is 2.39. The largest absolute Gasteiger partial charge is 0.317 e. The molecule has 0 heterocycles. The molecule has 2 heteroatoms. The van der Waals surface area contributed by atoms with Crippen molar-refractivity contribution in [3.8, 4) is 0 Å². The van der Waals surface area contributed by atoms with Gasteiger partial charge in [0.05, 0.1) is 0 Å². The molecule has 142 valence electrons. The number of hydrogen-bond acceptors (Lipinski definition) is 2. The first kappa shape index (κ1) is 19.2. The van der Waals surface area contributed by atoms with E-state index >= 15 is 0 Å². The van der Waals surface area contributed by atoms with Crippen LogP contribution in [0.2, 0.25) is 0 Å². The number of hydrogen-bond donors (Lipinski definition) is 2. The van der Waals surface area contributed by atoms with Crippen LogP contribution in [0.1, 0.15) is 78.1 Å². The fraction of sp³-hybridized carbons (Fsp3) is 0.826. The van der Waals surface area contributed by atoms with E-state index in [9.17, 15) is 0 Å². The SMILES string of the molecule is CNC(C)CC1(CC(C)NC)C=C(C2CCCC2)C(C2CCCC2)=C1. The molecule has 3 aliphatic carbocycles. The summed E-state index contributed by atoms with van der Waals surface area (Å²) in [6, 6.07) is 1.12. The van der Waals surface area contributed by atoms with E-state index in [2.05, 4.69) is 50.7 Å². The second kappa shape index (κ2) is 8.39. The maximum absolute atomic E-state index is 3.50. The van der Waals surface area contributed by atoms with Crippen molar-refractivity contribution in [1.82, 2.24) is 10.6 Å². The molecule has 2 saturated carbocycles. The minimum atomic E-state index is 0.251. The van der Waals surface area contributed by atoms with Gasteiger partial charge in [0.1, 0.15) is 0 Å². The Morgan fingerprint density at radius 1 is 0.800 bits per heavy atom. The topological polar surface area (TPSA) is 24.1 Å². The second-order valence-corrected chi connectivity index (χ2v) is 9.18. The molecule has 2 fully saturated rings. The van der Waals surface area contributed by atoms with Gasteiger partial charge in [0.15, 0.2) is 0 Å². The molecule has 2 N–H and O–H groups in total. The summed E-state index contributed by atoms with van der Waals surface area (Å²) in [4.78, 5) is 0. The molecule has 0 aromatic carbocycles. The zero-order valence-electron chi connectivity index (χ0n) is 17.0. The molecule has 25 heavy (non-hydrogen) atoms. The lowest BCUT2D eigenvalue weighted by molar-refractivity contribution is 0.326. The highest BCUT2D eigenvalue weighted by molar-refractivity contribution is 5.46. The molecule has 0 saturated heterocycles. The van der Waals surface area contributed by atoms with E-state index in [0.717, 1.165) is 11.8 Å². The zero-order chi connectivity index (χ0) is 17.9. The fourth-order valence-electron chi connectivity index (χ4n) is 5.67. The Hall–Kier alpha value is -0.600. The highest BCUT2D eigenvalue weighted by Crippen LogP contribution is 2.51. The Labute approximate surface area is 155 Å². The van der Waals surface area contributed by atoms with E-state index in [1.807, 2.05) is 0 Å². The number of nitrogens with one attached hydrogen (secondary N) is 2. The van der Waals surface area contributed by atoms with Gasteiger partial charge in [-0.1, -0.05) is 37.8 Å². The van der Waals surface area contributed by atoms with E-state index in [0.29, 0.717) is 12.1 Å². The Morgan fingerprint density at radius 3 is 1.48 bits per heavy atom. The van der Waals surface area contributed by atoms with Crippen molar-refractivity contribution < 1.29 is 0 Å². The smallest absolute Gasteiger partial charge is 0.0102 e. The summed E-state index contributed by atoms with van der Waals surface area (Å²) in [5, 5.41) is 7.00. The van der Waals surface area contributed by atoms with Crippen LogP contribution in [0.4, 0.5) is 0 Å². The van der Waals surface area contributed by atoms with E-state index in [1.54, 1.807) is 11.1 Å². The standard InChI is InChI=1S/C23H40N2/c1-17(24-3)13-23(14-18(2)25-4)15-21(19-9-5-6-10-19)22(16-23)20-11-7-8-12-20/h15-20,24-25H,5-14H2,1-4H3. The van der Waals surface area contributed by atoms with Gasteiger partial charge < -0.3 is 10.6 Å². The first-order valence-corrected chi connectivity index (χ1v) is 10.9. The molecule has 2 atom stereocenters. The predicted molar refractivity (Wildman–Crippen MR) is 109 cm³/mol. The molecule has 0 aromatic heterocycles. The Kier molecular flexibility index (Phi) is 6.44. The van der Waals surface area contributed by atoms with Crippen molar-refractivity contribution >= 4 is 0 Å². The summed E-state index contributed by atoms with van der Waals surface area (Å²) < 4.78 is 0. The van der Waals surface area contributed by atoms with E-state index < -0.39 is 0 Å². The van der Waals surface area contributed by atoms with Gasteiger partial charge >= 0.3 is 0 Å². The van der Waals surface area contributed by atoms with Gasteiger partial charge in [-0.2, -0.15) is 0 Å². The summed E-state index contributed by atoms with van der Waals surface area (Å²) in [7, 11) is 4.22. The molecule has 0 radical (unpaired) electrons. The molecule has 0 amide bonds. The quantitative estimate of drug-likeness (QED) is 0.631. The molecule has 2 nitrogen and oxygen atoms in total. The van der Waals surface area contributed by atoms with Gasteiger partial charge in [0.2, 0.25) is 0 Å². The molecule has 0 bridgehead atoms. The van der Waals surface area contributed by atoms with Crippen molar-refractivity contribution in [2.24, 2.45) is 17.3 Å². The van der Waals surface area contributed by atoms with Crippen LogP contribution in [-0.4, -0.2) is 26.2 Å².